The Labute approximate surface area is 159 Å². The van der Waals surface area contributed by atoms with Gasteiger partial charge in [-0.3, -0.25) is 5.01 Å². The monoisotopic (exact) mass is 364 g/mol. The number of nitrogens with one attached hydrogen (secondary N) is 1. The summed E-state index contributed by atoms with van der Waals surface area (Å²) in [6.45, 7) is 5.25. The number of hydrazone groups is 1. The van der Waals surface area contributed by atoms with Crippen molar-refractivity contribution in [2.75, 3.05) is 26.2 Å². The van der Waals surface area contributed by atoms with Crippen LogP contribution in [-0.4, -0.2) is 37.4 Å². The minimum Gasteiger partial charge on any atom is -0.328 e. The quantitative estimate of drug-likeness (QED) is 0.705. The Bertz CT molecular complexity index is 891. The van der Waals surface area contributed by atoms with Gasteiger partial charge in [-0.2, -0.15) is 5.10 Å². The molecule has 1 heterocycles. The summed E-state index contributed by atoms with van der Waals surface area (Å²) >= 11 is 5.97. The second kappa shape index (κ2) is 7.90. The summed E-state index contributed by atoms with van der Waals surface area (Å²) in [5, 5.41) is 10.2. The van der Waals surface area contributed by atoms with Gasteiger partial charge in [-0.25, -0.2) is 0 Å². The zero-order valence-electron chi connectivity index (χ0n) is 14.7. The number of rotatable bonds is 4. The highest BCUT2D eigenvalue weighted by molar-refractivity contribution is 6.30. The molecule has 4 rings (SSSR count). The third kappa shape index (κ3) is 4.06. The van der Waals surface area contributed by atoms with E-state index < -0.39 is 0 Å². The smallest absolute Gasteiger partial charge is 0.103 e. The molecule has 0 saturated carbocycles. The van der Waals surface area contributed by atoms with Gasteiger partial charge in [0.05, 0.1) is 32.4 Å². The summed E-state index contributed by atoms with van der Waals surface area (Å²) in [5.41, 5.74) is 2.52. The second-order valence-electron chi connectivity index (χ2n) is 6.82. The zero-order chi connectivity index (χ0) is 17.8. The molecular formula is C22H23ClN3+. The lowest BCUT2D eigenvalue weighted by Crippen LogP contribution is -3.13. The predicted molar refractivity (Wildman–Crippen MR) is 109 cm³/mol. The van der Waals surface area contributed by atoms with Crippen LogP contribution >= 0.6 is 11.6 Å². The van der Waals surface area contributed by atoms with E-state index in [4.69, 9.17) is 16.7 Å². The first-order valence-corrected chi connectivity index (χ1v) is 9.50. The standard InChI is InChI=1S/C22H22ClN3/c23-21-10-8-18(9-11-21)17-25-12-14-26(15-13-25)24-16-20-6-3-5-19-4-1-2-7-22(19)20/h1-11,16H,12-15,17H2/p+1. The van der Waals surface area contributed by atoms with Gasteiger partial charge in [0.2, 0.25) is 0 Å². The van der Waals surface area contributed by atoms with E-state index >= 15 is 0 Å². The molecule has 0 amide bonds. The molecule has 26 heavy (non-hydrogen) atoms. The SMILES string of the molecule is Clc1ccc(C[NH+]2CCN(N=Cc3cccc4ccccc34)CC2)cc1. The molecule has 3 aromatic rings. The first-order valence-electron chi connectivity index (χ1n) is 9.13. The Kier molecular flexibility index (Phi) is 5.19. The van der Waals surface area contributed by atoms with Gasteiger partial charge in [-0.1, -0.05) is 66.2 Å². The lowest BCUT2D eigenvalue weighted by molar-refractivity contribution is -0.918. The van der Waals surface area contributed by atoms with Gasteiger partial charge in [0.25, 0.3) is 0 Å². The van der Waals surface area contributed by atoms with E-state index in [9.17, 15) is 0 Å². The van der Waals surface area contributed by atoms with Crippen molar-refractivity contribution in [3.63, 3.8) is 0 Å². The van der Waals surface area contributed by atoms with Crippen molar-refractivity contribution in [3.8, 4) is 0 Å². The molecule has 0 spiro atoms. The molecule has 3 aromatic carbocycles. The topological polar surface area (TPSA) is 20.0 Å². The van der Waals surface area contributed by atoms with Crippen LogP contribution in [-0.2, 0) is 6.54 Å². The van der Waals surface area contributed by atoms with Gasteiger partial charge in [0.15, 0.2) is 0 Å². The highest BCUT2D eigenvalue weighted by atomic mass is 35.5. The van der Waals surface area contributed by atoms with Crippen LogP contribution in [0.4, 0.5) is 0 Å². The van der Waals surface area contributed by atoms with E-state index in [1.807, 2.05) is 18.3 Å². The zero-order valence-corrected chi connectivity index (χ0v) is 15.5. The average Bonchev–Trinajstić information content (AvgIpc) is 2.69. The summed E-state index contributed by atoms with van der Waals surface area (Å²) in [6, 6.07) is 23.0. The molecule has 0 aromatic heterocycles. The largest absolute Gasteiger partial charge is 0.328 e. The molecule has 0 aliphatic carbocycles. The van der Waals surface area contributed by atoms with Crippen LogP contribution in [0.3, 0.4) is 0 Å². The van der Waals surface area contributed by atoms with Crippen molar-refractivity contribution >= 4 is 28.6 Å². The molecule has 1 aliphatic rings. The normalized spacial score (nSPS) is 15.8. The van der Waals surface area contributed by atoms with E-state index in [0.29, 0.717) is 0 Å². The van der Waals surface area contributed by atoms with Crippen LogP contribution in [0, 0.1) is 0 Å². The summed E-state index contributed by atoms with van der Waals surface area (Å²) < 4.78 is 0. The van der Waals surface area contributed by atoms with E-state index in [1.165, 1.54) is 21.9 Å². The van der Waals surface area contributed by atoms with Crippen LogP contribution in [0.5, 0.6) is 0 Å². The van der Waals surface area contributed by atoms with Crippen molar-refractivity contribution in [2.24, 2.45) is 5.10 Å². The Morgan fingerprint density at radius 3 is 2.46 bits per heavy atom. The fourth-order valence-corrected chi connectivity index (χ4v) is 3.63. The lowest BCUT2D eigenvalue weighted by Gasteiger charge is -2.30. The van der Waals surface area contributed by atoms with E-state index in [-0.39, 0.29) is 0 Å². The van der Waals surface area contributed by atoms with Crippen molar-refractivity contribution in [1.82, 2.24) is 5.01 Å². The fourth-order valence-electron chi connectivity index (χ4n) is 3.50. The Morgan fingerprint density at radius 1 is 0.923 bits per heavy atom. The molecule has 3 nitrogen and oxygen atoms in total. The molecule has 132 valence electrons. The van der Waals surface area contributed by atoms with Crippen LogP contribution in [0.15, 0.2) is 71.8 Å². The molecule has 1 saturated heterocycles. The van der Waals surface area contributed by atoms with Gasteiger partial charge in [0, 0.05) is 16.1 Å². The van der Waals surface area contributed by atoms with Crippen molar-refractivity contribution in [1.29, 1.82) is 0 Å². The van der Waals surface area contributed by atoms with Crippen molar-refractivity contribution in [2.45, 2.75) is 6.54 Å². The maximum absolute atomic E-state index is 5.97. The summed E-state index contributed by atoms with van der Waals surface area (Å²) in [5.74, 6) is 0. The molecule has 1 fully saturated rings. The summed E-state index contributed by atoms with van der Waals surface area (Å²) in [6.07, 6.45) is 2.01. The summed E-state index contributed by atoms with van der Waals surface area (Å²) in [4.78, 5) is 1.60. The molecule has 0 atom stereocenters. The predicted octanol–water partition coefficient (Wildman–Crippen LogP) is 3.23. The molecule has 0 unspecified atom stereocenters. The summed E-state index contributed by atoms with van der Waals surface area (Å²) in [7, 11) is 0. The lowest BCUT2D eigenvalue weighted by atomic mass is 10.1. The molecule has 0 radical (unpaired) electrons. The van der Waals surface area contributed by atoms with Crippen molar-refractivity contribution < 1.29 is 4.90 Å². The first-order chi connectivity index (χ1) is 12.8. The number of fused-ring (bicyclic) bond motifs is 1. The molecule has 1 aliphatic heterocycles. The number of nitrogens with zero attached hydrogens (tertiary/aromatic N) is 2. The average molecular weight is 365 g/mol. The van der Waals surface area contributed by atoms with E-state index in [0.717, 1.165) is 37.7 Å². The number of piperazine rings is 1. The number of hydrogen-bond donors (Lipinski definition) is 1. The maximum Gasteiger partial charge on any atom is 0.103 e. The second-order valence-corrected chi connectivity index (χ2v) is 7.26. The fraction of sp³-hybridized carbons (Fsp3) is 0.227. The highest BCUT2D eigenvalue weighted by Gasteiger charge is 2.18. The highest BCUT2D eigenvalue weighted by Crippen LogP contribution is 2.17. The van der Waals surface area contributed by atoms with Crippen molar-refractivity contribution in [3.05, 3.63) is 82.9 Å². The number of benzene rings is 3. The third-order valence-electron chi connectivity index (χ3n) is 5.00. The minimum absolute atomic E-state index is 0.802. The number of hydrogen-bond acceptors (Lipinski definition) is 2. The minimum atomic E-state index is 0.802. The Balaban J connectivity index is 1.36. The first kappa shape index (κ1) is 17.1. The Morgan fingerprint density at radius 2 is 1.65 bits per heavy atom. The van der Waals surface area contributed by atoms with Crippen LogP contribution in [0.1, 0.15) is 11.1 Å². The molecular weight excluding hydrogens is 342 g/mol. The van der Waals surface area contributed by atoms with Gasteiger partial charge in [-0.05, 0) is 22.9 Å². The Hall–Kier alpha value is -2.36. The van der Waals surface area contributed by atoms with Gasteiger partial charge >= 0.3 is 0 Å². The van der Waals surface area contributed by atoms with Crippen LogP contribution in [0.2, 0.25) is 5.02 Å². The van der Waals surface area contributed by atoms with Crippen LogP contribution < -0.4 is 4.90 Å². The molecule has 4 heteroatoms. The van der Waals surface area contributed by atoms with Gasteiger partial charge in [0.1, 0.15) is 6.54 Å². The maximum atomic E-state index is 5.97. The van der Waals surface area contributed by atoms with Gasteiger partial charge in [-0.15, -0.1) is 0 Å². The van der Waals surface area contributed by atoms with E-state index in [1.54, 1.807) is 4.90 Å². The molecule has 1 N–H and O–H groups in total. The third-order valence-corrected chi connectivity index (χ3v) is 5.25. The number of quaternary nitrogens is 1. The van der Waals surface area contributed by atoms with Gasteiger partial charge < -0.3 is 4.90 Å². The van der Waals surface area contributed by atoms with Crippen LogP contribution in [0.25, 0.3) is 10.8 Å². The molecule has 0 bridgehead atoms. The van der Waals surface area contributed by atoms with E-state index in [2.05, 4.69) is 59.6 Å². The number of halogens is 1.